The quantitative estimate of drug-likeness (QED) is 0.832. The van der Waals surface area contributed by atoms with Crippen LogP contribution in [-0.4, -0.2) is 46.4 Å². The summed E-state index contributed by atoms with van der Waals surface area (Å²) in [7, 11) is 0. The van der Waals surface area contributed by atoms with Crippen LogP contribution in [0.2, 0.25) is 0 Å². The molecule has 2 N–H and O–H groups in total. The fraction of sp³-hybridized carbons (Fsp3) is 0.417. The van der Waals surface area contributed by atoms with Crippen molar-refractivity contribution < 1.29 is 13.9 Å². The zero-order valence-electron chi connectivity index (χ0n) is 11.1. The van der Waals surface area contributed by atoms with Crippen LogP contribution in [0.5, 0.6) is 0 Å². The molecule has 1 atom stereocenters. The maximum atomic E-state index is 11.8. The number of morpholine rings is 1. The Morgan fingerprint density at radius 1 is 1.57 bits per heavy atom. The van der Waals surface area contributed by atoms with E-state index in [0.717, 1.165) is 4.88 Å². The van der Waals surface area contributed by atoms with Gasteiger partial charge in [-0.2, -0.15) is 4.68 Å². The van der Waals surface area contributed by atoms with Crippen LogP contribution in [-0.2, 0) is 16.2 Å². The van der Waals surface area contributed by atoms with E-state index < -0.39 is 17.8 Å². The Hall–Kier alpha value is -1.97. The van der Waals surface area contributed by atoms with Gasteiger partial charge < -0.3 is 14.9 Å². The van der Waals surface area contributed by atoms with E-state index in [0.29, 0.717) is 25.6 Å². The third-order valence-electron chi connectivity index (χ3n) is 3.14. The van der Waals surface area contributed by atoms with Crippen molar-refractivity contribution in [3.8, 4) is 10.8 Å². The standard InChI is InChI=1S/C12H14N4O4S/c13-10(17)8-6-15(3-4-19-8)7-16-12(18)20-11(14-16)9-2-1-5-21-9/h1-2,5,8H,3-4,6-7H2,(H2,13,17). The Morgan fingerprint density at radius 3 is 3.14 bits per heavy atom. The Morgan fingerprint density at radius 2 is 2.43 bits per heavy atom. The van der Waals surface area contributed by atoms with Crippen LogP contribution >= 0.6 is 11.3 Å². The van der Waals surface area contributed by atoms with Crippen LogP contribution in [0.25, 0.3) is 10.8 Å². The molecule has 1 saturated heterocycles. The van der Waals surface area contributed by atoms with Gasteiger partial charge in [0.2, 0.25) is 5.91 Å². The molecule has 0 bridgehead atoms. The van der Waals surface area contributed by atoms with Crippen molar-refractivity contribution in [2.45, 2.75) is 12.8 Å². The lowest BCUT2D eigenvalue weighted by atomic mass is 10.3. The molecule has 3 rings (SSSR count). The lowest BCUT2D eigenvalue weighted by molar-refractivity contribution is -0.136. The fourth-order valence-electron chi connectivity index (χ4n) is 2.09. The van der Waals surface area contributed by atoms with Gasteiger partial charge in [0, 0.05) is 13.1 Å². The summed E-state index contributed by atoms with van der Waals surface area (Å²) in [6.45, 7) is 1.55. The highest BCUT2D eigenvalue weighted by molar-refractivity contribution is 7.13. The molecule has 1 aliphatic rings. The van der Waals surface area contributed by atoms with Gasteiger partial charge in [0.15, 0.2) is 0 Å². The topological polar surface area (TPSA) is 104 Å². The molecule has 2 aromatic heterocycles. The second-order valence-electron chi connectivity index (χ2n) is 4.63. The first-order valence-electron chi connectivity index (χ1n) is 6.38. The molecule has 2 aromatic rings. The number of carbonyl (C=O) groups excluding carboxylic acids is 1. The molecule has 0 spiro atoms. The SMILES string of the molecule is NC(=O)C1CN(Cn2nc(-c3cccs3)oc2=O)CCO1. The minimum Gasteiger partial charge on any atom is -0.387 e. The smallest absolute Gasteiger partial charge is 0.387 e. The second kappa shape index (κ2) is 5.80. The van der Waals surface area contributed by atoms with Crippen LogP contribution in [0.3, 0.4) is 0 Å². The molecule has 1 amide bonds. The molecule has 0 radical (unpaired) electrons. The highest BCUT2D eigenvalue weighted by atomic mass is 32.1. The van der Waals surface area contributed by atoms with Crippen LogP contribution in [0.4, 0.5) is 0 Å². The highest BCUT2D eigenvalue weighted by Crippen LogP contribution is 2.21. The van der Waals surface area contributed by atoms with Gasteiger partial charge in [-0.25, -0.2) is 4.79 Å². The van der Waals surface area contributed by atoms with Gasteiger partial charge in [0.1, 0.15) is 12.8 Å². The van der Waals surface area contributed by atoms with Crippen LogP contribution in [0, 0.1) is 0 Å². The summed E-state index contributed by atoms with van der Waals surface area (Å²) >= 11 is 1.45. The van der Waals surface area contributed by atoms with Gasteiger partial charge in [-0.15, -0.1) is 16.4 Å². The molecule has 1 unspecified atom stereocenters. The van der Waals surface area contributed by atoms with Crippen LogP contribution in [0.15, 0.2) is 26.7 Å². The maximum absolute atomic E-state index is 11.8. The first kappa shape index (κ1) is 14.0. The minimum atomic E-state index is -0.655. The normalized spacial score (nSPS) is 19.7. The van der Waals surface area contributed by atoms with E-state index in [9.17, 15) is 9.59 Å². The molecular formula is C12H14N4O4S. The van der Waals surface area contributed by atoms with Gasteiger partial charge in [-0.3, -0.25) is 9.69 Å². The molecular weight excluding hydrogens is 296 g/mol. The number of aromatic nitrogens is 2. The number of rotatable bonds is 4. The Bertz CT molecular complexity index is 678. The van der Waals surface area contributed by atoms with E-state index in [2.05, 4.69) is 5.10 Å². The monoisotopic (exact) mass is 310 g/mol. The third kappa shape index (κ3) is 3.04. The van der Waals surface area contributed by atoms with Crippen molar-refractivity contribution in [3.05, 3.63) is 28.1 Å². The first-order valence-corrected chi connectivity index (χ1v) is 7.26. The molecule has 9 heteroatoms. The fourth-order valence-corrected chi connectivity index (χ4v) is 2.73. The first-order chi connectivity index (χ1) is 10.1. The Balaban J connectivity index is 1.73. The predicted molar refractivity (Wildman–Crippen MR) is 74.6 cm³/mol. The number of primary amides is 1. The molecule has 112 valence electrons. The average Bonchev–Trinajstić information content (AvgIpc) is 3.10. The van der Waals surface area contributed by atoms with Crippen molar-refractivity contribution in [1.82, 2.24) is 14.7 Å². The van der Waals surface area contributed by atoms with Gasteiger partial charge in [-0.05, 0) is 11.4 Å². The molecule has 21 heavy (non-hydrogen) atoms. The van der Waals surface area contributed by atoms with Crippen molar-refractivity contribution in [1.29, 1.82) is 0 Å². The number of nitrogens with zero attached hydrogens (tertiary/aromatic N) is 3. The molecule has 0 aliphatic carbocycles. The van der Waals surface area contributed by atoms with E-state index in [-0.39, 0.29) is 6.67 Å². The molecule has 8 nitrogen and oxygen atoms in total. The molecule has 0 aromatic carbocycles. The van der Waals surface area contributed by atoms with Crippen molar-refractivity contribution >= 4 is 17.2 Å². The minimum absolute atomic E-state index is 0.237. The summed E-state index contributed by atoms with van der Waals surface area (Å²) in [6, 6.07) is 3.69. The average molecular weight is 310 g/mol. The summed E-state index contributed by atoms with van der Waals surface area (Å²) in [5.74, 6) is -0.735. The lowest BCUT2D eigenvalue weighted by Crippen LogP contribution is -2.49. The van der Waals surface area contributed by atoms with E-state index in [1.807, 2.05) is 22.4 Å². The zero-order chi connectivity index (χ0) is 14.8. The van der Waals surface area contributed by atoms with Crippen molar-refractivity contribution in [2.24, 2.45) is 5.73 Å². The molecule has 1 aliphatic heterocycles. The molecule has 3 heterocycles. The largest absolute Gasteiger partial charge is 0.438 e. The van der Waals surface area contributed by atoms with Crippen molar-refractivity contribution in [3.63, 3.8) is 0 Å². The number of hydrogen-bond donors (Lipinski definition) is 1. The van der Waals surface area contributed by atoms with Gasteiger partial charge in [0.25, 0.3) is 5.89 Å². The number of amides is 1. The Kier molecular flexibility index (Phi) is 3.86. The Labute approximate surface area is 123 Å². The number of thiophene rings is 1. The lowest BCUT2D eigenvalue weighted by Gasteiger charge is -2.30. The second-order valence-corrected chi connectivity index (χ2v) is 5.58. The predicted octanol–water partition coefficient (Wildman–Crippen LogP) is -0.292. The summed E-state index contributed by atoms with van der Waals surface area (Å²) in [5, 5.41) is 6.05. The number of carbonyl (C=O) groups is 1. The van der Waals surface area contributed by atoms with E-state index in [1.165, 1.54) is 16.0 Å². The highest BCUT2D eigenvalue weighted by Gasteiger charge is 2.25. The number of ether oxygens (including phenoxy) is 1. The molecule has 1 fully saturated rings. The molecule has 0 saturated carbocycles. The van der Waals surface area contributed by atoms with Gasteiger partial charge in [0.05, 0.1) is 11.5 Å². The third-order valence-corrected chi connectivity index (χ3v) is 4.00. The zero-order valence-corrected chi connectivity index (χ0v) is 11.9. The number of hydrogen-bond acceptors (Lipinski definition) is 7. The van der Waals surface area contributed by atoms with Crippen LogP contribution in [0.1, 0.15) is 0 Å². The maximum Gasteiger partial charge on any atom is 0.438 e. The van der Waals surface area contributed by atoms with Crippen molar-refractivity contribution in [2.75, 3.05) is 19.7 Å². The van der Waals surface area contributed by atoms with E-state index in [4.69, 9.17) is 14.9 Å². The summed E-state index contributed by atoms with van der Waals surface area (Å²) in [6.07, 6.45) is -0.655. The van der Waals surface area contributed by atoms with E-state index >= 15 is 0 Å². The van der Waals surface area contributed by atoms with Gasteiger partial charge >= 0.3 is 5.76 Å². The number of nitrogens with two attached hydrogens (primary N) is 1. The van der Waals surface area contributed by atoms with E-state index in [1.54, 1.807) is 0 Å². The summed E-state index contributed by atoms with van der Waals surface area (Å²) < 4.78 is 11.6. The summed E-state index contributed by atoms with van der Waals surface area (Å²) in [4.78, 5) is 25.6. The van der Waals surface area contributed by atoms with Gasteiger partial charge in [-0.1, -0.05) is 6.07 Å². The van der Waals surface area contributed by atoms with Crippen LogP contribution < -0.4 is 11.5 Å². The summed E-state index contributed by atoms with van der Waals surface area (Å²) in [5.41, 5.74) is 5.23.